The average Bonchev–Trinajstić information content (AvgIpc) is 3.22. The Morgan fingerprint density at radius 2 is 1.72 bits per heavy atom. The molecule has 0 saturated heterocycles. The van der Waals surface area contributed by atoms with E-state index in [2.05, 4.69) is 66.0 Å². The summed E-state index contributed by atoms with van der Waals surface area (Å²) in [6.45, 7) is 1.81. The van der Waals surface area contributed by atoms with Crippen molar-refractivity contribution in [1.82, 2.24) is 0 Å². The molecule has 3 heteroatoms. The van der Waals surface area contributed by atoms with Crippen LogP contribution in [0, 0.1) is 0 Å². The molecule has 0 aromatic heterocycles. The molecule has 0 aliphatic carbocycles. The Bertz CT molecular complexity index is 1070. The summed E-state index contributed by atoms with van der Waals surface area (Å²) >= 11 is 0. The van der Waals surface area contributed by atoms with Crippen molar-refractivity contribution < 1.29 is 9.47 Å². The topological polar surface area (TPSA) is 30.5 Å². The molecule has 3 aromatic carbocycles. The normalized spacial score (nSPS) is 21.8. The van der Waals surface area contributed by atoms with Gasteiger partial charge in [-0.3, -0.25) is 0 Å². The molecule has 0 bridgehead atoms. The lowest BCUT2D eigenvalue weighted by atomic mass is 9.87. The third-order valence-electron chi connectivity index (χ3n) is 6.56. The molecule has 3 aliphatic rings. The molecule has 3 aliphatic heterocycles. The van der Waals surface area contributed by atoms with E-state index in [0.717, 1.165) is 50.3 Å². The van der Waals surface area contributed by atoms with E-state index in [1.165, 1.54) is 33.5 Å². The van der Waals surface area contributed by atoms with Crippen LogP contribution in [0.2, 0.25) is 0 Å². The van der Waals surface area contributed by atoms with E-state index >= 15 is 0 Å². The van der Waals surface area contributed by atoms with Crippen molar-refractivity contribution in [3.63, 3.8) is 0 Å². The zero-order valence-electron chi connectivity index (χ0n) is 16.5. The van der Waals surface area contributed by atoms with Crippen LogP contribution >= 0.6 is 0 Å². The van der Waals surface area contributed by atoms with E-state index < -0.39 is 0 Å². The molecule has 3 nitrogen and oxygen atoms in total. The summed E-state index contributed by atoms with van der Waals surface area (Å²) in [5.41, 5.74) is 7.96. The maximum absolute atomic E-state index is 6.31. The van der Waals surface area contributed by atoms with Crippen molar-refractivity contribution in [1.29, 1.82) is 0 Å². The predicted molar refractivity (Wildman–Crippen MR) is 115 cm³/mol. The minimum Gasteiger partial charge on any atom is -0.493 e. The number of benzene rings is 3. The lowest BCUT2D eigenvalue weighted by molar-refractivity contribution is 0.236. The Morgan fingerprint density at radius 3 is 2.72 bits per heavy atom. The SMILES string of the molecule is c1ccc2c(c1)CC(c1ccc3c(c1)CC(c1ccc4c(c1)OCCC4)O3)CN2. The van der Waals surface area contributed by atoms with E-state index in [4.69, 9.17) is 9.47 Å². The van der Waals surface area contributed by atoms with Gasteiger partial charge >= 0.3 is 0 Å². The minimum absolute atomic E-state index is 0.0845. The lowest BCUT2D eigenvalue weighted by Crippen LogP contribution is -2.21. The maximum Gasteiger partial charge on any atom is 0.128 e. The third kappa shape index (κ3) is 3.05. The molecule has 3 aromatic rings. The van der Waals surface area contributed by atoms with E-state index in [0.29, 0.717) is 5.92 Å². The largest absolute Gasteiger partial charge is 0.493 e. The highest BCUT2D eigenvalue weighted by molar-refractivity contribution is 5.55. The fourth-order valence-corrected chi connectivity index (χ4v) is 4.94. The molecule has 0 spiro atoms. The van der Waals surface area contributed by atoms with Gasteiger partial charge in [0, 0.05) is 24.6 Å². The van der Waals surface area contributed by atoms with Crippen molar-refractivity contribution >= 4 is 5.69 Å². The monoisotopic (exact) mass is 383 g/mol. The second-order valence-electron chi connectivity index (χ2n) is 8.44. The first-order valence-electron chi connectivity index (χ1n) is 10.7. The van der Waals surface area contributed by atoms with Crippen LogP contribution in [-0.4, -0.2) is 13.2 Å². The van der Waals surface area contributed by atoms with Crippen molar-refractivity contribution in [2.75, 3.05) is 18.5 Å². The van der Waals surface area contributed by atoms with Crippen molar-refractivity contribution in [3.05, 3.63) is 88.5 Å². The molecule has 0 radical (unpaired) electrons. The minimum atomic E-state index is 0.0845. The van der Waals surface area contributed by atoms with Crippen LogP contribution in [0.25, 0.3) is 0 Å². The Hall–Kier alpha value is -2.94. The molecular weight excluding hydrogens is 358 g/mol. The fourth-order valence-electron chi connectivity index (χ4n) is 4.94. The highest BCUT2D eigenvalue weighted by Gasteiger charge is 2.27. The number of anilines is 1. The molecule has 29 heavy (non-hydrogen) atoms. The summed E-state index contributed by atoms with van der Waals surface area (Å²) in [7, 11) is 0. The zero-order chi connectivity index (χ0) is 19.2. The Labute approximate surface area is 171 Å². The Morgan fingerprint density at radius 1 is 0.793 bits per heavy atom. The van der Waals surface area contributed by atoms with Crippen molar-refractivity contribution in [3.8, 4) is 11.5 Å². The van der Waals surface area contributed by atoms with Crippen LogP contribution in [0.3, 0.4) is 0 Å². The summed E-state index contributed by atoms with van der Waals surface area (Å²) in [6, 6.07) is 22.0. The predicted octanol–water partition coefficient (Wildman–Crippen LogP) is 5.44. The molecular formula is C26H25NO2. The molecule has 146 valence electrons. The summed E-state index contributed by atoms with van der Waals surface area (Å²) in [6.07, 6.45) is 4.33. The number of hydrogen-bond donors (Lipinski definition) is 1. The van der Waals surface area contributed by atoms with Gasteiger partial charge in [0.05, 0.1) is 6.61 Å². The average molecular weight is 383 g/mol. The number of para-hydroxylation sites is 1. The Balaban J connectivity index is 1.23. The first kappa shape index (κ1) is 17.0. The number of hydrogen-bond acceptors (Lipinski definition) is 3. The van der Waals surface area contributed by atoms with Gasteiger partial charge in [-0.1, -0.05) is 42.5 Å². The van der Waals surface area contributed by atoms with Gasteiger partial charge in [0.15, 0.2) is 0 Å². The number of ether oxygens (including phenoxy) is 2. The van der Waals surface area contributed by atoms with Gasteiger partial charge in [-0.2, -0.15) is 0 Å². The molecule has 1 N–H and O–H groups in total. The third-order valence-corrected chi connectivity index (χ3v) is 6.56. The summed E-state index contributed by atoms with van der Waals surface area (Å²) < 4.78 is 12.2. The van der Waals surface area contributed by atoms with Gasteiger partial charge in [-0.15, -0.1) is 0 Å². The molecule has 2 atom stereocenters. The van der Waals surface area contributed by atoms with E-state index in [1.807, 2.05) is 0 Å². The van der Waals surface area contributed by atoms with Crippen LogP contribution < -0.4 is 14.8 Å². The molecule has 3 heterocycles. The van der Waals surface area contributed by atoms with Gasteiger partial charge < -0.3 is 14.8 Å². The van der Waals surface area contributed by atoms with Crippen LogP contribution in [-0.2, 0) is 19.3 Å². The Kier molecular flexibility index (Phi) is 4.00. The second-order valence-corrected chi connectivity index (χ2v) is 8.44. The van der Waals surface area contributed by atoms with Crippen molar-refractivity contribution in [2.45, 2.75) is 37.7 Å². The fraction of sp³-hybridized carbons (Fsp3) is 0.308. The highest BCUT2D eigenvalue weighted by atomic mass is 16.5. The standard InChI is InChI=1S/C26H25NO2/c1-2-6-23-19(4-1)13-22(16-27-23)18-9-10-24-21(12-18)15-26(29-24)20-8-7-17-5-3-11-28-25(17)14-20/h1-2,4,6-10,12,14,22,26-27H,3,5,11,13,15-16H2. The molecule has 6 rings (SSSR count). The van der Waals surface area contributed by atoms with Gasteiger partial charge in [-0.25, -0.2) is 0 Å². The summed E-state index contributed by atoms with van der Waals surface area (Å²) in [5, 5.41) is 3.60. The van der Waals surface area contributed by atoms with Gasteiger partial charge in [0.2, 0.25) is 0 Å². The second kappa shape index (κ2) is 6.84. The van der Waals surface area contributed by atoms with Gasteiger partial charge in [0.25, 0.3) is 0 Å². The lowest BCUT2D eigenvalue weighted by Gasteiger charge is -2.26. The van der Waals surface area contributed by atoms with Gasteiger partial charge in [-0.05, 0) is 65.3 Å². The van der Waals surface area contributed by atoms with Crippen LogP contribution in [0.15, 0.2) is 60.7 Å². The number of aryl methyl sites for hydroxylation is 1. The quantitative estimate of drug-likeness (QED) is 0.639. The molecule has 0 fully saturated rings. The number of rotatable bonds is 2. The van der Waals surface area contributed by atoms with Gasteiger partial charge in [0.1, 0.15) is 17.6 Å². The van der Waals surface area contributed by atoms with Crippen LogP contribution in [0.4, 0.5) is 5.69 Å². The maximum atomic E-state index is 6.31. The first-order valence-corrected chi connectivity index (χ1v) is 10.7. The number of nitrogens with one attached hydrogen (secondary N) is 1. The van der Waals surface area contributed by atoms with E-state index in [-0.39, 0.29) is 6.10 Å². The van der Waals surface area contributed by atoms with Crippen molar-refractivity contribution in [2.24, 2.45) is 0 Å². The smallest absolute Gasteiger partial charge is 0.128 e. The van der Waals surface area contributed by atoms with Crippen LogP contribution in [0.5, 0.6) is 11.5 Å². The first-order chi connectivity index (χ1) is 14.3. The molecule has 0 saturated carbocycles. The van der Waals surface area contributed by atoms with Crippen LogP contribution in [0.1, 0.15) is 46.3 Å². The summed E-state index contributed by atoms with van der Waals surface area (Å²) in [4.78, 5) is 0. The molecule has 0 amide bonds. The summed E-state index contributed by atoms with van der Waals surface area (Å²) in [5.74, 6) is 2.58. The molecule has 2 unspecified atom stereocenters. The number of fused-ring (bicyclic) bond motifs is 3. The van der Waals surface area contributed by atoms with E-state index in [1.54, 1.807) is 0 Å². The highest BCUT2D eigenvalue weighted by Crippen LogP contribution is 2.41. The van der Waals surface area contributed by atoms with E-state index in [9.17, 15) is 0 Å². The zero-order valence-corrected chi connectivity index (χ0v) is 16.5.